The van der Waals surface area contributed by atoms with E-state index in [0.29, 0.717) is 5.65 Å². The molecule has 0 aromatic carbocycles. The van der Waals surface area contributed by atoms with Crippen molar-refractivity contribution >= 4 is 11.0 Å². The Kier molecular flexibility index (Phi) is 3.34. The second-order valence-corrected chi connectivity index (χ2v) is 3.77. The predicted octanol–water partition coefficient (Wildman–Crippen LogP) is 3.12. The van der Waals surface area contributed by atoms with Crippen LogP contribution >= 0.6 is 0 Å². The molecule has 0 bridgehead atoms. The van der Waals surface area contributed by atoms with Gasteiger partial charge in [-0.05, 0) is 29.8 Å². The maximum absolute atomic E-state index is 13.4. The number of alkyl halides is 2. The predicted molar refractivity (Wildman–Crippen MR) is 62.2 cm³/mol. The SMILES string of the molecule is [N-]=[N+]=NCC(F)(F)Cc1ccc2cccnc2n1. The lowest BCUT2D eigenvalue weighted by Crippen LogP contribution is -2.23. The number of halogens is 2. The van der Waals surface area contributed by atoms with Crippen LogP contribution in [0.5, 0.6) is 0 Å². The Morgan fingerprint density at radius 1 is 1.33 bits per heavy atom. The highest BCUT2D eigenvalue weighted by molar-refractivity contribution is 5.74. The number of hydrogen-bond acceptors (Lipinski definition) is 3. The van der Waals surface area contributed by atoms with Crippen LogP contribution in [0.15, 0.2) is 35.6 Å². The third-order valence-corrected chi connectivity index (χ3v) is 2.33. The zero-order chi connectivity index (χ0) is 13.0. The molecule has 0 N–H and O–H groups in total. The van der Waals surface area contributed by atoms with E-state index in [1.165, 1.54) is 6.07 Å². The standard InChI is InChI=1S/C11H9F2N5/c12-11(13,7-16-18-14)6-9-4-3-8-2-1-5-15-10(8)17-9/h1-5H,6-7H2. The molecule has 0 radical (unpaired) electrons. The Balaban J connectivity index is 2.23. The fourth-order valence-corrected chi connectivity index (χ4v) is 1.55. The molecule has 7 heteroatoms. The summed E-state index contributed by atoms with van der Waals surface area (Å²) in [5, 5.41) is 3.68. The monoisotopic (exact) mass is 249 g/mol. The van der Waals surface area contributed by atoms with Crippen molar-refractivity contribution in [2.24, 2.45) is 5.11 Å². The summed E-state index contributed by atoms with van der Waals surface area (Å²) in [6.45, 7) is -0.870. The highest BCUT2D eigenvalue weighted by Gasteiger charge is 2.29. The van der Waals surface area contributed by atoms with Gasteiger partial charge in [-0.1, -0.05) is 5.11 Å². The summed E-state index contributed by atoms with van der Waals surface area (Å²) in [4.78, 5) is 10.4. The van der Waals surface area contributed by atoms with E-state index in [9.17, 15) is 8.78 Å². The summed E-state index contributed by atoms with van der Waals surface area (Å²) in [6.07, 6.45) is 0.982. The van der Waals surface area contributed by atoms with Gasteiger partial charge in [-0.25, -0.2) is 18.7 Å². The van der Waals surface area contributed by atoms with Gasteiger partial charge in [-0.3, -0.25) is 0 Å². The first-order valence-corrected chi connectivity index (χ1v) is 5.20. The lowest BCUT2D eigenvalue weighted by Gasteiger charge is -2.12. The first-order chi connectivity index (χ1) is 8.61. The molecule has 0 aliphatic heterocycles. The van der Waals surface area contributed by atoms with Crippen molar-refractivity contribution in [2.45, 2.75) is 12.3 Å². The van der Waals surface area contributed by atoms with E-state index >= 15 is 0 Å². The molecule has 0 aliphatic carbocycles. The van der Waals surface area contributed by atoms with Crippen LogP contribution in [0.4, 0.5) is 8.78 Å². The van der Waals surface area contributed by atoms with Crippen LogP contribution in [-0.2, 0) is 6.42 Å². The van der Waals surface area contributed by atoms with Crippen LogP contribution in [0.2, 0.25) is 0 Å². The van der Waals surface area contributed by atoms with E-state index in [1.54, 1.807) is 24.4 Å². The molecule has 0 saturated heterocycles. The second-order valence-electron chi connectivity index (χ2n) is 3.77. The Labute approximate surface area is 101 Å². The molecule has 0 saturated carbocycles. The maximum Gasteiger partial charge on any atom is 0.259 e. The Bertz CT molecular complexity index is 607. The molecule has 18 heavy (non-hydrogen) atoms. The molecule has 0 unspecified atom stereocenters. The Hall–Kier alpha value is -2.27. The highest BCUT2D eigenvalue weighted by atomic mass is 19.3. The largest absolute Gasteiger partial charge is 0.259 e. The number of aromatic nitrogens is 2. The van der Waals surface area contributed by atoms with E-state index in [2.05, 4.69) is 20.0 Å². The smallest absolute Gasteiger partial charge is 0.237 e. The van der Waals surface area contributed by atoms with Crippen molar-refractivity contribution in [1.29, 1.82) is 0 Å². The van der Waals surface area contributed by atoms with Gasteiger partial charge >= 0.3 is 0 Å². The van der Waals surface area contributed by atoms with Gasteiger partial charge in [0.25, 0.3) is 5.92 Å². The molecule has 2 aromatic rings. The van der Waals surface area contributed by atoms with Crippen LogP contribution < -0.4 is 0 Å². The van der Waals surface area contributed by atoms with Gasteiger partial charge in [0.05, 0.1) is 13.0 Å². The van der Waals surface area contributed by atoms with Gasteiger partial charge in [-0.2, -0.15) is 0 Å². The van der Waals surface area contributed by atoms with Crippen LogP contribution in [0, 0.1) is 0 Å². The number of pyridine rings is 2. The summed E-state index contributed by atoms with van der Waals surface area (Å²) >= 11 is 0. The van der Waals surface area contributed by atoms with Crippen molar-refractivity contribution in [3.63, 3.8) is 0 Å². The second kappa shape index (κ2) is 4.93. The first kappa shape index (κ1) is 12.2. The lowest BCUT2D eigenvalue weighted by atomic mass is 10.1. The molecule has 0 atom stereocenters. The van der Waals surface area contributed by atoms with Gasteiger partial charge < -0.3 is 0 Å². The minimum absolute atomic E-state index is 0.222. The molecular formula is C11H9F2N5. The van der Waals surface area contributed by atoms with Crippen molar-refractivity contribution in [3.8, 4) is 0 Å². The highest BCUT2D eigenvalue weighted by Crippen LogP contribution is 2.20. The van der Waals surface area contributed by atoms with Crippen LogP contribution in [0.25, 0.3) is 21.5 Å². The molecule has 2 heterocycles. The van der Waals surface area contributed by atoms with Crippen LogP contribution in [0.3, 0.4) is 0 Å². The van der Waals surface area contributed by atoms with E-state index < -0.39 is 18.9 Å². The third-order valence-electron chi connectivity index (χ3n) is 2.33. The zero-order valence-corrected chi connectivity index (χ0v) is 9.29. The normalized spacial score (nSPS) is 11.2. The van der Waals surface area contributed by atoms with E-state index in [-0.39, 0.29) is 5.69 Å². The molecule has 92 valence electrons. The molecule has 2 rings (SSSR count). The number of hydrogen-bond donors (Lipinski definition) is 0. The average Bonchev–Trinajstić information content (AvgIpc) is 2.36. The number of rotatable bonds is 4. The van der Waals surface area contributed by atoms with Gasteiger partial charge in [-0.15, -0.1) is 0 Å². The lowest BCUT2D eigenvalue weighted by molar-refractivity contribution is 0.0108. The number of nitrogens with zero attached hydrogens (tertiary/aromatic N) is 5. The summed E-state index contributed by atoms with van der Waals surface area (Å²) < 4.78 is 26.7. The minimum Gasteiger partial charge on any atom is -0.237 e. The van der Waals surface area contributed by atoms with E-state index in [1.807, 2.05) is 0 Å². The summed E-state index contributed by atoms with van der Waals surface area (Å²) in [5.41, 5.74) is 8.68. The van der Waals surface area contributed by atoms with Crippen molar-refractivity contribution in [2.75, 3.05) is 6.54 Å². The van der Waals surface area contributed by atoms with Crippen LogP contribution in [0.1, 0.15) is 5.69 Å². The van der Waals surface area contributed by atoms with Gasteiger partial charge in [0, 0.05) is 22.2 Å². The molecule has 0 aliphatic rings. The summed E-state index contributed by atoms with van der Waals surface area (Å²) in [5.74, 6) is -3.10. The van der Waals surface area contributed by atoms with Crippen molar-refractivity contribution in [1.82, 2.24) is 9.97 Å². The van der Waals surface area contributed by atoms with Gasteiger partial charge in [0.2, 0.25) is 0 Å². The number of azide groups is 1. The van der Waals surface area contributed by atoms with Crippen molar-refractivity contribution < 1.29 is 8.78 Å². The minimum atomic E-state index is -3.10. The molecule has 5 nitrogen and oxygen atoms in total. The molecule has 0 fully saturated rings. The van der Waals surface area contributed by atoms with E-state index in [4.69, 9.17) is 5.53 Å². The fourth-order valence-electron chi connectivity index (χ4n) is 1.55. The summed E-state index contributed by atoms with van der Waals surface area (Å²) in [7, 11) is 0. The molecule has 0 spiro atoms. The van der Waals surface area contributed by atoms with Crippen LogP contribution in [-0.4, -0.2) is 22.4 Å². The van der Waals surface area contributed by atoms with Gasteiger partial charge in [0.1, 0.15) is 0 Å². The topological polar surface area (TPSA) is 74.5 Å². The summed E-state index contributed by atoms with van der Waals surface area (Å²) in [6, 6.07) is 6.76. The number of fused-ring (bicyclic) bond motifs is 1. The Morgan fingerprint density at radius 3 is 2.94 bits per heavy atom. The molecular weight excluding hydrogens is 240 g/mol. The average molecular weight is 249 g/mol. The maximum atomic E-state index is 13.4. The van der Waals surface area contributed by atoms with Crippen molar-refractivity contribution in [3.05, 3.63) is 46.6 Å². The third kappa shape index (κ3) is 2.89. The van der Waals surface area contributed by atoms with E-state index in [0.717, 1.165) is 5.39 Å². The van der Waals surface area contributed by atoms with Gasteiger partial charge in [0.15, 0.2) is 5.65 Å². The molecule has 2 aromatic heterocycles. The Morgan fingerprint density at radius 2 is 2.17 bits per heavy atom. The zero-order valence-electron chi connectivity index (χ0n) is 9.29. The first-order valence-electron chi connectivity index (χ1n) is 5.20. The molecule has 0 amide bonds. The quantitative estimate of drug-likeness (QED) is 0.474. The fraction of sp³-hybridized carbons (Fsp3) is 0.273.